The van der Waals surface area contributed by atoms with Crippen molar-refractivity contribution in [3.63, 3.8) is 0 Å². The number of hydrogen-bond donors (Lipinski definition) is 1. The van der Waals surface area contributed by atoms with Crippen LogP contribution in [0, 0.1) is 5.41 Å². The summed E-state index contributed by atoms with van der Waals surface area (Å²) < 4.78 is 5.45. The van der Waals surface area contributed by atoms with E-state index in [1.54, 1.807) is 6.20 Å². The van der Waals surface area contributed by atoms with Crippen molar-refractivity contribution in [3.05, 3.63) is 18.3 Å². The zero-order chi connectivity index (χ0) is 16.6. The van der Waals surface area contributed by atoms with Gasteiger partial charge in [0.1, 0.15) is 5.82 Å². The molecule has 1 aromatic rings. The van der Waals surface area contributed by atoms with Gasteiger partial charge in [0, 0.05) is 38.9 Å². The first kappa shape index (κ1) is 15.7. The van der Waals surface area contributed by atoms with Gasteiger partial charge in [-0.15, -0.1) is 0 Å². The highest BCUT2D eigenvalue weighted by atomic mass is 16.5. The average molecular weight is 330 g/mol. The fourth-order valence-electron chi connectivity index (χ4n) is 4.48. The van der Waals surface area contributed by atoms with E-state index in [2.05, 4.69) is 14.8 Å². The Hall–Kier alpha value is -1.82. The third-order valence-corrected chi connectivity index (χ3v) is 5.85. The number of piperidine rings is 1. The molecule has 6 heteroatoms. The van der Waals surface area contributed by atoms with Crippen LogP contribution in [-0.4, -0.2) is 54.7 Å². The highest BCUT2D eigenvalue weighted by Crippen LogP contribution is 2.42. The first-order valence-corrected chi connectivity index (χ1v) is 9.03. The van der Waals surface area contributed by atoms with E-state index in [0.717, 1.165) is 70.8 Å². The number of likely N-dealkylation sites (tertiary alicyclic amines) is 1. The molecule has 1 atom stereocenters. The molecule has 0 aliphatic carbocycles. The monoisotopic (exact) mass is 330 g/mol. The van der Waals surface area contributed by atoms with E-state index in [1.165, 1.54) is 0 Å². The van der Waals surface area contributed by atoms with E-state index >= 15 is 0 Å². The van der Waals surface area contributed by atoms with Gasteiger partial charge in [0.05, 0.1) is 17.3 Å². The van der Waals surface area contributed by atoms with Gasteiger partial charge in [-0.1, -0.05) is 0 Å². The van der Waals surface area contributed by atoms with Crippen molar-refractivity contribution in [2.45, 2.75) is 38.1 Å². The summed E-state index contributed by atoms with van der Waals surface area (Å²) in [5.74, 6) is 1.29. The first-order valence-electron chi connectivity index (χ1n) is 9.03. The molecule has 4 heterocycles. The Balaban J connectivity index is 1.50. The minimum atomic E-state index is -0.223. The molecule has 1 amide bonds. The van der Waals surface area contributed by atoms with Crippen molar-refractivity contribution in [1.82, 2.24) is 9.88 Å². The number of rotatable bonds is 2. The topological polar surface area (TPSA) is 71.7 Å². The summed E-state index contributed by atoms with van der Waals surface area (Å²) in [4.78, 5) is 22.1. The largest absolute Gasteiger partial charge is 0.397 e. The van der Waals surface area contributed by atoms with Crippen LogP contribution in [0.2, 0.25) is 0 Å². The van der Waals surface area contributed by atoms with Crippen molar-refractivity contribution in [3.8, 4) is 0 Å². The second-order valence-electron chi connectivity index (χ2n) is 7.35. The summed E-state index contributed by atoms with van der Waals surface area (Å²) in [6.07, 6.45) is 6.66. The lowest BCUT2D eigenvalue weighted by Crippen LogP contribution is -2.50. The maximum absolute atomic E-state index is 13.2. The van der Waals surface area contributed by atoms with Crippen LogP contribution in [0.3, 0.4) is 0 Å². The number of amides is 1. The lowest BCUT2D eigenvalue weighted by molar-refractivity contribution is -0.139. The summed E-state index contributed by atoms with van der Waals surface area (Å²) >= 11 is 0. The van der Waals surface area contributed by atoms with Crippen LogP contribution in [0.4, 0.5) is 11.5 Å². The SMILES string of the molecule is Nc1ccc(N2CCC[C@@]3(CCN(C4CCOCC4)C3=O)C2)nc1. The molecule has 2 N–H and O–H groups in total. The molecule has 3 aliphatic heterocycles. The Kier molecular flexibility index (Phi) is 4.08. The molecule has 24 heavy (non-hydrogen) atoms. The summed E-state index contributed by atoms with van der Waals surface area (Å²) in [5.41, 5.74) is 6.19. The molecule has 130 valence electrons. The van der Waals surface area contributed by atoms with Crippen LogP contribution in [-0.2, 0) is 9.53 Å². The molecule has 3 aliphatic rings. The number of carbonyl (C=O) groups excluding carboxylic acids is 1. The number of ether oxygens (including phenoxy) is 1. The molecule has 1 spiro atoms. The van der Waals surface area contributed by atoms with Crippen molar-refractivity contribution in [1.29, 1.82) is 0 Å². The molecule has 4 rings (SSSR count). The number of aromatic nitrogens is 1. The van der Waals surface area contributed by atoms with Gasteiger partial charge in [-0.05, 0) is 44.2 Å². The van der Waals surface area contributed by atoms with E-state index in [1.807, 2.05) is 12.1 Å². The number of hydrogen-bond acceptors (Lipinski definition) is 5. The molecule has 3 saturated heterocycles. The second-order valence-corrected chi connectivity index (χ2v) is 7.35. The Morgan fingerprint density at radius 3 is 2.79 bits per heavy atom. The Labute approximate surface area is 143 Å². The third-order valence-electron chi connectivity index (χ3n) is 5.85. The maximum Gasteiger partial charge on any atom is 0.230 e. The minimum absolute atomic E-state index is 0.223. The lowest BCUT2D eigenvalue weighted by Gasteiger charge is -2.40. The quantitative estimate of drug-likeness (QED) is 0.893. The third kappa shape index (κ3) is 2.73. The van der Waals surface area contributed by atoms with Crippen LogP contribution in [0.15, 0.2) is 18.3 Å². The van der Waals surface area contributed by atoms with Gasteiger partial charge in [-0.25, -0.2) is 4.98 Å². The van der Waals surface area contributed by atoms with Gasteiger partial charge in [-0.2, -0.15) is 0 Å². The van der Waals surface area contributed by atoms with Gasteiger partial charge in [0.2, 0.25) is 5.91 Å². The molecular formula is C18H26N4O2. The smallest absolute Gasteiger partial charge is 0.230 e. The van der Waals surface area contributed by atoms with Gasteiger partial charge >= 0.3 is 0 Å². The predicted molar refractivity (Wildman–Crippen MR) is 92.7 cm³/mol. The molecule has 1 aromatic heterocycles. The number of nitrogens with zero attached hydrogens (tertiary/aromatic N) is 3. The van der Waals surface area contributed by atoms with E-state index < -0.39 is 0 Å². The number of nitrogen functional groups attached to an aromatic ring is 1. The summed E-state index contributed by atoms with van der Waals surface area (Å²) in [7, 11) is 0. The Morgan fingerprint density at radius 2 is 2.04 bits per heavy atom. The van der Waals surface area contributed by atoms with Gasteiger partial charge in [0.25, 0.3) is 0 Å². The van der Waals surface area contributed by atoms with E-state index in [4.69, 9.17) is 10.5 Å². The van der Waals surface area contributed by atoms with Crippen LogP contribution in [0.5, 0.6) is 0 Å². The predicted octanol–water partition coefficient (Wildman–Crippen LogP) is 1.66. The van der Waals surface area contributed by atoms with E-state index in [0.29, 0.717) is 17.6 Å². The fraction of sp³-hybridized carbons (Fsp3) is 0.667. The molecular weight excluding hydrogens is 304 g/mol. The van der Waals surface area contributed by atoms with Crippen LogP contribution in [0.25, 0.3) is 0 Å². The van der Waals surface area contributed by atoms with Crippen molar-refractivity contribution in [2.24, 2.45) is 5.41 Å². The number of pyridine rings is 1. The minimum Gasteiger partial charge on any atom is -0.397 e. The van der Waals surface area contributed by atoms with Crippen LogP contribution in [0.1, 0.15) is 32.1 Å². The highest BCUT2D eigenvalue weighted by molar-refractivity contribution is 5.86. The van der Waals surface area contributed by atoms with Crippen molar-refractivity contribution < 1.29 is 9.53 Å². The fourth-order valence-corrected chi connectivity index (χ4v) is 4.48. The number of carbonyl (C=O) groups is 1. The Morgan fingerprint density at radius 1 is 1.21 bits per heavy atom. The summed E-state index contributed by atoms with van der Waals surface area (Å²) in [6, 6.07) is 4.22. The molecule has 0 aromatic carbocycles. The molecule has 0 saturated carbocycles. The van der Waals surface area contributed by atoms with Crippen molar-refractivity contribution >= 4 is 17.4 Å². The Bertz CT molecular complexity index is 600. The van der Waals surface area contributed by atoms with Gasteiger partial charge in [-0.3, -0.25) is 4.79 Å². The van der Waals surface area contributed by atoms with Crippen LogP contribution >= 0.6 is 0 Å². The molecule has 3 fully saturated rings. The summed E-state index contributed by atoms with van der Waals surface area (Å²) in [5, 5.41) is 0. The van der Waals surface area contributed by atoms with E-state index in [9.17, 15) is 4.79 Å². The van der Waals surface area contributed by atoms with Crippen molar-refractivity contribution in [2.75, 3.05) is 43.5 Å². The van der Waals surface area contributed by atoms with Gasteiger partial charge in [0.15, 0.2) is 0 Å². The first-order chi connectivity index (χ1) is 11.7. The molecule has 0 radical (unpaired) electrons. The second kappa shape index (κ2) is 6.24. The lowest BCUT2D eigenvalue weighted by atomic mass is 9.78. The zero-order valence-electron chi connectivity index (χ0n) is 14.1. The highest BCUT2D eigenvalue weighted by Gasteiger charge is 2.50. The molecule has 0 unspecified atom stereocenters. The standard InChI is InChI=1S/C18H26N4O2/c19-14-2-3-16(20-12-14)21-8-1-6-18(13-21)7-9-22(17(18)23)15-4-10-24-11-5-15/h2-3,12,15H,1,4-11,13,19H2/t18-/m1/s1. The zero-order valence-corrected chi connectivity index (χ0v) is 14.1. The molecule has 0 bridgehead atoms. The maximum atomic E-state index is 13.2. The normalized spacial score (nSPS) is 28.8. The number of nitrogens with two attached hydrogens (primary N) is 1. The number of anilines is 2. The van der Waals surface area contributed by atoms with Crippen LogP contribution < -0.4 is 10.6 Å². The van der Waals surface area contributed by atoms with Gasteiger partial charge < -0.3 is 20.3 Å². The van der Waals surface area contributed by atoms with E-state index in [-0.39, 0.29) is 5.41 Å². The average Bonchev–Trinajstić information content (AvgIpc) is 2.93. The molecule has 6 nitrogen and oxygen atoms in total. The summed E-state index contributed by atoms with van der Waals surface area (Å²) in [6.45, 7) is 4.20.